The van der Waals surface area contributed by atoms with Crippen LogP contribution in [0.2, 0.25) is 0 Å². The van der Waals surface area contributed by atoms with Gasteiger partial charge in [0.2, 0.25) is 11.8 Å². The third-order valence-electron chi connectivity index (χ3n) is 6.31. The van der Waals surface area contributed by atoms with Crippen molar-refractivity contribution < 1.29 is 23.2 Å². The molecule has 6 nitrogen and oxygen atoms in total. The molecule has 0 aromatic heterocycles. The van der Waals surface area contributed by atoms with Crippen LogP contribution in [0.1, 0.15) is 31.2 Å². The number of carbonyl (C=O) groups is 3. The number of hydrogen-bond acceptors (Lipinski definition) is 3. The molecule has 0 aliphatic carbocycles. The maximum atomic E-state index is 13.9. The predicted octanol–water partition coefficient (Wildman–Crippen LogP) is 3.75. The number of likely N-dealkylation sites (N-methyl/N-ethyl adjacent to an activating group) is 1. The van der Waals surface area contributed by atoms with Crippen molar-refractivity contribution in [3.63, 3.8) is 0 Å². The number of anilines is 1. The quantitative estimate of drug-likeness (QED) is 0.759. The minimum absolute atomic E-state index is 0.0845. The first-order valence-corrected chi connectivity index (χ1v) is 10.3. The third kappa shape index (κ3) is 3.56. The number of benzene rings is 2. The fourth-order valence-electron chi connectivity index (χ4n) is 4.67. The number of hydrogen-bond donors (Lipinski definition) is 1. The number of piperidine rings is 1. The highest BCUT2D eigenvalue weighted by atomic mass is 19.1. The lowest BCUT2D eigenvalue weighted by molar-refractivity contribution is -0.142. The van der Waals surface area contributed by atoms with Crippen LogP contribution in [-0.4, -0.2) is 47.3 Å². The summed E-state index contributed by atoms with van der Waals surface area (Å²) in [6.45, 7) is 2.49. The molecule has 162 valence electrons. The molecule has 0 unspecified atom stereocenters. The van der Waals surface area contributed by atoms with Crippen molar-refractivity contribution in [2.45, 2.75) is 25.7 Å². The van der Waals surface area contributed by atoms with Gasteiger partial charge in [-0.15, -0.1) is 0 Å². The molecule has 0 saturated carbocycles. The zero-order chi connectivity index (χ0) is 22.2. The summed E-state index contributed by atoms with van der Waals surface area (Å²) in [6, 6.07) is 11.1. The number of halogens is 2. The molecule has 2 fully saturated rings. The number of nitrogens with zero attached hydrogens (tertiary/aromatic N) is 2. The van der Waals surface area contributed by atoms with Gasteiger partial charge in [-0.2, -0.15) is 0 Å². The second-order valence-electron chi connectivity index (χ2n) is 7.93. The molecule has 0 radical (unpaired) electrons. The zero-order valence-corrected chi connectivity index (χ0v) is 17.1. The van der Waals surface area contributed by atoms with Crippen LogP contribution in [0.15, 0.2) is 48.5 Å². The molecular formula is C23H23F2N3O3. The molecule has 2 aromatic carbocycles. The number of rotatable bonds is 3. The molecule has 2 aromatic rings. The van der Waals surface area contributed by atoms with Gasteiger partial charge in [0.15, 0.2) is 0 Å². The first-order valence-electron chi connectivity index (χ1n) is 10.3. The Morgan fingerprint density at radius 1 is 1.06 bits per heavy atom. The van der Waals surface area contributed by atoms with E-state index >= 15 is 0 Å². The van der Waals surface area contributed by atoms with Gasteiger partial charge in [0, 0.05) is 19.6 Å². The second kappa shape index (κ2) is 8.09. The third-order valence-corrected chi connectivity index (χ3v) is 6.31. The maximum Gasteiger partial charge on any atom is 0.321 e. The van der Waals surface area contributed by atoms with Gasteiger partial charge in [-0.25, -0.2) is 13.6 Å². The van der Waals surface area contributed by atoms with Gasteiger partial charge in [0.05, 0.1) is 17.0 Å². The van der Waals surface area contributed by atoms with E-state index in [0.29, 0.717) is 18.4 Å². The van der Waals surface area contributed by atoms with Gasteiger partial charge in [0.25, 0.3) is 0 Å². The Balaban J connectivity index is 1.56. The van der Waals surface area contributed by atoms with Crippen molar-refractivity contribution in [3.8, 4) is 0 Å². The van der Waals surface area contributed by atoms with Gasteiger partial charge in [-0.1, -0.05) is 24.3 Å². The van der Waals surface area contributed by atoms with Gasteiger partial charge in [-0.05, 0) is 49.6 Å². The number of imide groups is 1. The average molecular weight is 427 g/mol. The molecule has 1 N–H and O–H groups in total. The monoisotopic (exact) mass is 427 g/mol. The normalized spacial score (nSPS) is 20.4. The Kier molecular flexibility index (Phi) is 5.47. The highest BCUT2D eigenvalue weighted by Gasteiger charge is 2.60. The SMILES string of the molecule is CCN1C(=O)[C@@H](c2ccc(F)cc2)C2(CCN(C(=O)Nc3ccccc3F)CC2)C1=O. The van der Waals surface area contributed by atoms with Gasteiger partial charge in [-0.3, -0.25) is 14.5 Å². The zero-order valence-electron chi connectivity index (χ0n) is 17.1. The van der Waals surface area contributed by atoms with E-state index < -0.39 is 29.0 Å². The number of amides is 4. The summed E-state index contributed by atoms with van der Waals surface area (Å²) < 4.78 is 27.3. The molecule has 1 atom stereocenters. The van der Waals surface area contributed by atoms with E-state index in [0.717, 1.165) is 0 Å². The van der Waals surface area contributed by atoms with E-state index in [4.69, 9.17) is 0 Å². The first kappa shape index (κ1) is 21.0. The van der Waals surface area contributed by atoms with Crippen molar-refractivity contribution in [3.05, 3.63) is 65.7 Å². The Hall–Kier alpha value is -3.29. The van der Waals surface area contributed by atoms with E-state index in [2.05, 4.69) is 5.32 Å². The molecule has 31 heavy (non-hydrogen) atoms. The lowest BCUT2D eigenvalue weighted by Crippen LogP contribution is -2.49. The van der Waals surface area contributed by atoms with Crippen LogP contribution in [0, 0.1) is 17.0 Å². The summed E-state index contributed by atoms with van der Waals surface area (Å²) in [5.41, 5.74) is -0.291. The van der Waals surface area contributed by atoms with Crippen molar-refractivity contribution in [2.75, 3.05) is 25.0 Å². The Labute approximate surface area is 178 Å². The molecule has 1 spiro atoms. The van der Waals surface area contributed by atoms with Crippen LogP contribution < -0.4 is 5.32 Å². The summed E-state index contributed by atoms with van der Waals surface area (Å²) in [5, 5.41) is 2.56. The van der Waals surface area contributed by atoms with Crippen molar-refractivity contribution >= 4 is 23.5 Å². The summed E-state index contributed by atoms with van der Waals surface area (Å²) in [4.78, 5) is 41.7. The topological polar surface area (TPSA) is 69.7 Å². The first-order chi connectivity index (χ1) is 14.9. The largest absolute Gasteiger partial charge is 0.324 e. The molecule has 0 bridgehead atoms. The smallest absolute Gasteiger partial charge is 0.321 e. The number of para-hydroxylation sites is 1. The van der Waals surface area contributed by atoms with Crippen molar-refractivity contribution in [1.29, 1.82) is 0 Å². The summed E-state index contributed by atoms with van der Waals surface area (Å²) in [7, 11) is 0. The van der Waals surface area contributed by atoms with E-state index in [-0.39, 0.29) is 37.1 Å². The van der Waals surface area contributed by atoms with E-state index in [9.17, 15) is 23.2 Å². The Morgan fingerprint density at radius 2 is 1.71 bits per heavy atom. The summed E-state index contributed by atoms with van der Waals surface area (Å²) >= 11 is 0. The molecule has 4 amide bonds. The number of likely N-dealkylation sites (tertiary alicyclic amines) is 2. The minimum atomic E-state index is -0.973. The summed E-state index contributed by atoms with van der Waals surface area (Å²) in [6.07, 6.45) is 0.585. The van der Waals surface area contributed by atoms with E-state index in [1.54, 1.807) is 25.1 Å². The highest BCUT2D eigenvalue weighted by molar-refractivity contribution is 6.10. The minimum Gasteiger partial charge on any atom is -0.324 e. The molecule has 2 heterocycles. The van der Waals surface area contributed by atoms with Crippen LogP contribution >= 0.6 is 0 Å². The maximum absolute atomic E-state index is 13.9. The van der Waals surface area contributed by atoms with Crippen LogP contribution in [0.3, 0.4) is 0 Å². The standard InChI is InChI=1S/C23H23F2N3O3/c1-2-28-20(29)19(15-7-9-16(24)10-8-15)23(21(28)30)11-13-27(14-12-23)22(31)26-18-6-4-3-5-17(18)25/h3-10,19H,2,11-14H2,1H3,(H,26,31)/t19-/m1/s1. The van der Waals surface area contributed by atoms with Gasteiger partial charge in [0.1, 0.15) is 11.6 Å². The van der Waals surface area contributed by atoms with Crippen LogP contribution in [0.5, 0.6) is 0 Å². The Bertz CT molecular complexity index is 1020. The number of carbonyl (C=O) groups excluding carboxylic acids is 3. The van der Waals surface area contributed by atoms with E-state index in [1.807, 2.05) is 0 Å². The molecular weight excluding hydrogens is 404 g/mol. The molecule has 2 aliphatic rings. The number of nitrogens with one attached hydrogen (secondary N) is 1. The second-order valence-corrected chi connectivity index (χ2v) is 7.93. The molecule has 2 aliphatic heterocycles. The van der Waals surface area contributed by atoms with Crippen molar-refractivity contribution in [2.24, 2.45) is 5.41 Å². The van der Waals surface area contributed by atoms with Crippen molar-refractivity contribution in [1.82, 2.24) is 9.80 Å². The van der Waals surface area contributed by atoms with Crippen LogP contribution in [0.4, 0.5) is 19.3 Å². The molecule has 8 heteroatoms. The fourth-order valence-corrected chi connectivity index (χ4v) is 4.67. The predicted molar refractivity (Wildman–Crippen MR) is 110 cm³/mol. The lowest BCUT2D eigenvalue weighted by atomic mass is 9.67. The molecule has 4 rings (SSSR count). The highest BCUT2D eigenvalue weighted by Crippen LogP contribution is 2.51. The Morgan fingerprint density at radius 3 is 2.32 bits per heavy atom. The summed E-state index contributed by atoms with van der Waals surface area (Å²) in [5.74, 6) is -2.19. The van der Waals surface area contributed by atoms with E-state index in [1.165, 1.54) is 40.1 Å². The van der Waals surface area contributed by atoms with Gasteiger partial charge >= 0.3 is 6.03 Å². The van der Waals surface area contributed by atoms with Crippen LogP contribution in [-0.2, 0) is 9.59 Å². The van der Waals surface area contributed by atoms with Crippen LogP contribution in [0.25, 0.3) is 0 Å². The van der Waals surface area contributed by atoms with Gasteiger partial charge < -0.3 is 10.2 Å². The fraction of sp³-hybridized carbons (Fsp3) is 0.348. The lowest BCUT2D eigenvalue weighted by Gasteiger charge is -2.40. The average Bonchev–Trinajstić information content (AvgIpc) is 2.97. The number of urea groups is 1. The molecule has 2 saturated heterocycles.